The summed E-state index contributed by atoms with van der Waals surface area (Å²) in [5, 5.41) is 4.61. The van der Waals surface area contributed by atoms with Crippen molar-refractivity contribution in [3.8, 4) is 22.8 Å². The molecule has 0 saturated carbocycles. The number of nitrogens with two attached hydrogens (primary N) is 1. The number of nitrogen functional groups attached to an aromatic ring is 1. The summed E-state index contributed by atoms with van der Waals surface area (Å²) in [5.41, 5.74) is 9.10. The quantitative estimate of drug-likeness (QED) is 0.724. The van der Waals surface area contributed by atoms with Gasteiger partial charge in [-0.25, -0.2) is 0 Å². The SMILES string of the molecule is Cc1cc(Cl)cc(-c2nc(-c3ccccc3N)no2)c1. The number of halogens is 1. The van der Waals surface area contributed by atoms with Gasteiger partial charge in [0.15, 0.2) is 0 Å². The second kappa shape index (κ2) is 4.98. The molecule has 0 spiro atoms. The smallest absolute Gasteiger partial charge is 0.258 e. The molecular formula is C15H12ClN3O. The number of aryl methyl sites for hydroxylation is 1. The third kappa shape index (κ3) is 2.38. The van der Waals surface area contributed by atoms with Gasteiger partial charge in [0, 0.05) is 21.8 Å². The van der Waals surface area contributed by atoms with Gasteiger partial charge in [0.1, 0.15) is 0 Å². The van der Waals surface area contributed by atoms with E-state index in [1.165, 1.54) is 0 Å². The molecule has 0 aliphatic heterocycles. The van der Waals surface area contributed by atoms with Gasteiger partial charge in [-0.3, -0.25) is 0 Å². The minimum atomic E-state index is 0.425. The van der Waals surface area contributed by atoms with Crippen LogP contribution >= 0.6 is 11.6 Å². The van der Waals surface area contributed by atoms with Crippen molar-refractivity contribution >= 4 is 17.3 Å². The molecular weight excluding hydrogens is 274 g/mol. The predicted molar refractivity (Wildman–Crippen MR) is 79.3 cm³/mol. The first-order chi connectivity index (χ1) is 9.63. The number of aromatic nitrogens is 2. The van der Waals surface area contributed by atoms with Crippen molar-refractivity contribution in [2.75, 3.05) is 5.73 Å². The van der Waals surface area contributed by atoms with Gasteiger partial charge in [-0.2, -0.15) is 4.98 Å². The van der Waals surface area contributed by atoms with E-state index in [0.717, 1.165) is 16.7 Å². The number of rotatable bonds is 2. The molecule has 2 N–H and O–H groups in total. The summed E-state index contributed by atoms with van der Waals surface area (Å²) in [6.07, 6.45) is 0. The first kappa shape index (κ1) is 12.7. The zero-order valence-corrected chi connectivity index (χ0v) is 11.6. The van der Waals surface area contributed by atoms with E-state index in [-0.39, 0.29) is 0 Å². The van der Waals surface area contributed by atoms with Crippen molar-refractivity contribution in [3.63, 3.8) is 0 Å². The third-order valence-electron chi connectivity index (χ3n) is 2.92. The lowest BCUT2D eigenvalue weighted by Crippen LogP contribution is -1.90. The fourth-order valence-electron chi connectivity index (χ4n) is 2.01. The summed E-state index contributed by atoms with van der Waals surface area (Å²) in [5.74, 6) is 0.893. The molecule has 1 aromatic heterocycles. The summed E-state index contributed by atoms with van der Waals surface area (Å²) in [7, 11) is 0. The number of benzene rings is 2. The van der Waals surface area contributed by atoms with E-state index in [0.29, 0.717) is 22.4 Å². The number of hydrogen-bond acceptors (Lipinski definition) is 4. The lowest BCUT2D eigenvalue weighted by Gasteiger charge is -1.99. The Kier molecular flexibility index (Phi) is 3.16. The van der Waals surface area contributed by atoms with Crippen molar-refractivity contribution < 1.29 is 4.52 Å². The summed E-state index contributed by atoms with van der Waals surface area (Å²) < 4.78 is 5.29. The maximum Gasteiger partial charge on any atom is 0.258 e. The maximum absolute atomic E-state index is 6.04. The van der Waals surface area contributed by atoms with E-state index in [2.05, 4.69) is 10.1 Å². The first-order valence-corrected chi connectivity index (χ1v) is 6.47. The van der Waals surface area contributed by atoms with E-state index in [9.17, 15) is 0 Å². The Morgan fingerprint density at radius 3 is 2.70 bits per heavy atom. The van der Waals surface area contributed by atoms with Crippen LogP contribution in [0.2, 0.25) is 5.02 Å². The Balaban J connectivity index is 2.04. The molecule has 0 amide bonds. The molecule has 0 radical (unpaired) electrons. The zero-order valence-electron chi connectivity index (χ0n) is 10.8. The Bertz CT molecular complexity index is 747. The molecule has 3 aromatic rings. The van der Waals surface area contributed by atoms with E-state index >= 15 is 0 Å². The lowest BCUT2D eigenvalue weighted by atomic mass is 10.1. The van der Waals surface area contributed by atoms with Crippen molar-refractivity contribution in [2.24, 2.45) is 0 Å². The summed E-state index contributed by atoms with van der Waals surface area (Å²) in [6.45, 7) is 1.96. The molecule has 0 saturated heterocycles. The third-order valence-corrected chi connectivity index (χ3v) is 3.14. The van der Waals surface area contributed by atoms with E-state index in [1.807, 2.05) is 37.3 Å². The fourth-order valence-corrected chi connectivity index (χ4v) is 2.30. The summed E-state index contributed by atoms with van der Waals surface area (Å²) in [4.78, 5) is 4.38. The second-order valence-electron chi connectivity index (χ2n) is 4.53. The highest BCUT2D eigenvalue weighted by molar-refractivity contribution is 6.30. The largest absolute Gasteiger partial charge is 0.398 e. The molecule has 5 heteroatoms. The van der Waals surface area contributed by atoms with Crippen LogP contribution in [0.25, 0.3) is 22.8 Å². The molecule has 0 fully saturated rings. The van der Waals surface area contributed by atoms with Crippen LogP contribution in [0.1, 0.15) is 5.56 Å². The monoisotopic (exact) mass is 285 g/mol. The molecule has 0 unspecified atom stereocenters. The molecule has 0 aliphatic rings. The number of nitrogens with zero attached hydrogens (tertiary/aromatic N) is 2. The lowest BCUT2D eigenvalue weighted by molar-refractivity contribution is 0.432. The van der Waals surface area contributed by atoms with Crippen LogP contribution in [0.3, 0.4) is 0 Å². The van der Waals surface area contributed by atoms with E-state index in [4.69, 9.17) is 21.9 Å². The number of para-hydroxylation sites is 1. The van der Waals surface area contributed by atoms with E-state index < -0.39 is 0 Å². The van der Waals surface area contributed by atoms with Gasteiger partial charge >= 0.3 is 0 Å². The first-order valence-electron chi connectivity index (χ1n) is 6.09. The van der Waals surface area contributed by atoms with Crippen LogP contribution < -0.4 is 5.73 Å². The van der Waals surface area contributed by atoms with E-state index in [1.54, 1.807) is 12.1 Å². The Morgan fingerprint density at radius 2 is 1.95 bits per heavy atom. The Morgan fingerprint density at radius 1 is 1.15 bits per heavy atom. The molecule has 0 bridgehead atoms. The van der Waals surface area contributed by atoms with Gasteiger partial charge < -0.3 is 10.3 Å². The predicted octanol–water partition coefficient (Wildman–Crippen LogP) is 3.95. The molecule has 2 aromatic carbocycles. The second-order valence-corrected chi connectivity index (χ2v) is 4.96. The van der Waals surface area contributed by atoms with Gasteiger partial charge in [0.05, 0.1) is 0 Å². The van der Waals surface area contributed by atoms with Crippen LogP contribution in [0.4, 0.5) is 5.69 Å². The Labute approximate surface area is 121 Å². The molecule has 1 heterocycles. The van der Waals surface area contributed by atoms with Gasteiger partial charge in [0.2, 0.25) is 5.82 Å². The molecule has 100 valence electrons. The fraction of sp³-hybridized carbons (Fsp3) is 0.0667. The van der Waals surface area contributed by atoms with Crippen molar-refractivity contribution in [1.29, 1.82) is 0 Å². The normalized spacial score (nSPS) is 10.7. The molecule has 3 rings (SSSR count). The highest BCUT2D eigenvalue weighted by Gasteiger charge is 2.13. The van der Waals surface area contributed by atoms with Crippen LogP contribution in [-0.4, -0.2) is 10.1 Å². The summed E-state index contributed by atoms with van der Waals surface area (Å²) in [6, 6.07) is 13.0. The number of anilines is 1. The molecule has 0 aliphatic carbocycles. The zero-order chi connectivity index (χ0) is 14.1. The molecule has 20 heavy (non-hydrogen) atoms. The van der Waals surface area contributed by atoms with Gasteiger partial charge in [-0.05, 0) is 42.8 Å². The van der Waals surface area contributed by atoms with Crippen molar-refractivity contribution in [2.45, 2.75) is 6.92 Å². The summed E-state index contributed by atoms with van der Waals surface area (Å²) >= 11 is 6.04. The maximum atomic E-state index is 6.04. The van der Waals surface area contributed by atoms with Crippen molar-refractivity contribution in [3.05, 3.63) is 53.1 Å². The molecule has 4 nitrogen and oxygen atoms in total. The topological polar surface area (TPSA) is 64.9 Å². The van der Waals surface area contributed by atoms with Gasteiger partial charge in [-0.15, -0.1) is 0 Å². The Hall–Kier alpha value is -2.33. The minimum Gasteiger partial charge on any atom is -0.398 e. The van der Waals surface area contributed by atoms with Gasteiger partial charge in [0.25, 0.3) is 5.89 Å². The van der Waals surface area contributed by atoms with Crippen LogP contribution in [0, 0.1) is 6.92 Å². The highest BCUT2D eigenvalue weighted by atomic mass is 35.5. The van der Waals surface area contributed by atoms with Crippen LogP contribution in [-0.2, 0) is 0 Å². The van der Waals surface area contributed by atoms with Gasteiger partial charge in [-0.1, -0.05) is 28.9 Å². The standard InChI is InChI=1S/C15H12ClN3O/c1-9-6-10(8-11(16)7-9)15-18-14(19-20-15)12-4-2-3-5-13(12)17/h2-8H,17H2,1H3. The average molecular weight is 286 g/mol. The minimum absolute atomic E-state index is 0.425. The van der Waals surface area contributed by atoms with Crippen LogP contribution in [0.15, 0.2) is 47.0 Å². The van der Waals surface area contributed by atoms with Crippen molar-refractivity contribution in [1.82, 2.24) is 10.1 Å². The van der Waals surface area contributed by atoms with Crippen LogP contribution in [0.5, 0.6) is 0 Å². The molecule has 0 atom stereocenters. The highest BCUT2D eigenvalue weighted by Crippen LogP contribution is 2.27. The average Bonchev–Trinajstić information content (AvgIpc) is 2.87. The number of hydrogen-bond donors (Lipinski definition) is 1.